The molecular formula is C15H23FN2O. The lowest BCUT2D eigenvalue weighted by molar-refractivity contribution is 0.216. The third kappa shape index (κ3) is 4.18. The van der Waals surface area contributed by atoms with Crippen LogP contribution in [0.5, 0.6) is 5.75 Å². The van der Waals surface area contributed by atoms with Gasteiger partial charge in [0.2, 0.25) is 0 Å². The van der Waals surface area contributed by atoms with Gasteiger partial charge in [0, 0.05) is 6.54 Å². The Balaban J connectivity index is 1.75. The van der Waals surface area contributed by atoms with Crippen molar-refractivity contribution in [2.45, 2.75) is 19.4 Å². The minimum atomic E-state index is -0.291. The molecule has 1 aromatic rings. The largest absolute Gasteiger partial charge is 0.494 e. The molecule has 0 bridgehead atoms. The van der Waals surface area contributed by atoms with Crippen molar-refractivity contribution >= 4 is 0 Å². The molecule has 0 radical (unpaired) electrons. The molecule has 106 valence electrons. The van der Waals surface area contributed by atoms with Crippen molar-refractivity contribution in [1.82, 2.24) is 10.2 Å². The average Bonchev–Trinajstić information content (AvgIpc) is 2.41. The minimum absolute atomic E-state index is 0.291. The molecule has 0 amide bonds. The smallest absolute Gasteiger partial charge is 0.165 e. The molecule has 0 unspecified atom stereocenters. The summed E-state index contributed by atoms with van der Waals surface area (Å²) in [5.74, 6) is 0.763. The first-order chi connectivity index (χ1) is 9.19. The van der Waals surface area contributed by atoms with Gasteiger partial charge in [-0.2, -0.15) is 0 Å². The van der Waals surface area contributed by atoms with Gasteiger partial charge in [-0.3, -0.25) is 0 Å². The highest BCUT2D eigenvalue weighted by molar-refractivity contribution is 5.29. The summed E-state index contributed by atoms with van der Waals surface area (Å²) < 4.78 is 18.4. The molecule has 1 N–H and O–H groups in total. The predicted molar refractivity (Wildman–Crippen MR) is 74.9 cm³/mol. The van der Waals surface area contributed by atoms with Gasteiger partial charge in [0.25, 0.3) is 0 Å². The van der Waals surface area contributed by atoms with Crippen LogP contribution >= 0.6 is 0 Å². The number of methoxy groups -OCH3 is 1. The molecule has 2 rings (SSSR count). The normalized spacial score (nSPS) is 17.6. The summed E-state index contributed by atoms with van der Waals surface area (Å²) in [5.41, 5.74) is 0.964. The van der Waals surface area contributed by atoms with Crippen molar-refractivity contribution in [2.24, 2.45) is 5.92 Å². The maximum Gasteiger partial charge on any atom is 0.165 e. The van der Waals surface area contributed by atoms with Crippen LogP contribution in [-0.4, -0.2) is 38.7 Å². The quantitative estimate of drug-likeness (QED) is 0.885. The molecule has 0 spiro atoms. The molecule has 1 aromatic carbocycles. The second-order valence-corrected chi connectivity index (χ2v) is 5.35. The van der Waals surface area contributed by atoms with Crippen LogP contribution in [0, 0.1) is 11.7 Å². The molecule has 1 saturated heterocycles. The van der Waals surface area contributed by atoms with Gasteiger partial charge in [-0.1, -0.05) is 6.07 Å². The van der Waals surface area contributed by atoms with E-state index in [1.807, 2.05) is 6.07 Å². The third-order valence-corrected chi connectivity index (χ3v) is 3.82. The minimum Gasteiger partial charge on any atom is -0.494 e. The first-order valence-electron chi connectivity index (χ1n) is 6.90. The highest BCUT2D eigenvalue weighted by atomic mass is 19.1. The predicted octanol–water partition coefficient (Wildman–Crippen LogP) is 2.27. The topological polar surface area (TPSA) is 24.5 Å². The Morgan fingerprint density at radius 2 is 2.11 bits per heavy atom. The monoisotopic (exact) mass is 266 g/mol. The zero-order valence-electron chi connectivity index (χ0n) is 11.8. The Hall–Kier alpha value is -1.13. The summed E-state index contributed by atoms with van der Waals surface area (Å²) in [6.45, 7) is 4.10. The van der Waals surface area contributed by atoms with E-state index in [1.54, 1.807) is 12.1 Å². The second kappa shape index (κ2) is 6.87. The Morgan fingerprint density at radius 1 is 1.37 bits per heavy atom. The second-order valence-electron chi connectivity index (χ2n) is 5.35. The molecule has 19 heavy (non-hydrogen) atoms. The van der Waals surface area contributed by atoms with Gasteiger partial charge in [-0.25, -0.2) is 4.39 Å². The number of piperidine rings is 1. The molecule has 0 aromatic heterocycles. The Morgan fingerprint density at radius 3 is 2.74 bits per heavy atom. The molecule has 1 aliphatic rings. The molecule has 4 heteroatoms. The van der Waals surface area contributed by atoms with E-state index in [2.05, 4.69) is 17.3 Å². The molecule has 0 aliphatic carbocycles. The number of hydrogen-bond donors (Lipinski definition) is 1. The maximum atomic E-state index is 13.5. The number of nitrogens with zero attached hydrogens (tertiary/aromatic N) is 1. The Bertz CT molecular complexity index is 403. The van der Waals surface area contributed by atoms with E-state index in [9.17, 15) is 4.39 Å². The fourth-order valence-electron chi connectivity index (χ4n) is 2.51. The van der Waals surface area contributed by atoms with Gasteiger partial charge in [-0.15, -0.1) is 0 Å². The Labute approximate surface area is 114 Å². The van der Waals surface area contributed by atoms with Crippen LogP contribution in [0.3, 0.4) is 0 Å². The number of rotatable bonds is 5. The molecular weight excluding hydrogens is 243 g/mol. The van der Waals surface area contributed by atoms with Gasteiger partial charge in [-0.05, 0) is 63.1 Å². The Kier molecular flexibility index (Phi) is 5.16. The fourth-order valence-corrected chi connectivity index (χ4v) is 2.51. The van der Waals surface area contributed by atoms with Crippen molar-refractivity contribution in [1.29, 1.82) is 0 Å². The number of nitrogens with one attached hydrogen (secondary N) is 1. The van der Waals surface area contributed by atoms with E-state index >= 15 is 0 Å². The van der Waals surface area contributed by atoms with E-state index in [-0.39, 0.29) is 5.82 Å². The van der Waals surface area contributed by atoms with Crippen molar-refractivity contribution in [3.63, 3.8) is 0 Å². The summed E-state index contributed by atoms with van der Waals surface area (Å²) in [4.78, 5) is 2.37. The van der Waals surface area contributed by atoms with Gasteiger partial charge in [0.15, 0.2) is 11.6 Å². The first kappa shape index (κ1) is 14.3. The zero-order chi connectivity index (χ0) is 13.7. The number of halogens is 1. The van der Waals surface area contributed by atoms with E-state index < -0.39 is 0 Å². The van der Waals surface area contributed by atoms with Crippen LogP contribution in [0.4, 0.5) is 4.39 Å². The highest BCUT2D eigenvalue weighted by Gasteiger charge is 2.15. The van der Waals surface area contributed by atoms with E-state index in [0.29, 0.717) is 12.3 Å². The SMILES string of the molecule is COc1ccc(CNCC2CCN(C)CC2)cc1F. The average molecular weight is 266 g/mol. The summed E-state index contributed by atoms with van der Waals surface area (Å²) in [5, 5.41) is 3.42. The molecule has 1 fully saturated rings. The van der Waals surface area contributed by atoms with Crippen molar-refractivity contribution < 1.29 is 9.13 Å². The zero-order valence-corrected chi connectivity index (χ0v) is 11.8. The van der Waals surface area contributed by atoms with E-state index in [4.69, 9.17) is 4.74 Å². The van der Waals surface area contributed by atoms with Crippen LogP contribution in [0.15, 0.2) is 18.2 Å². The summed E-state index contributed by atoms with van der Waals surface area (Å²) >= 11 is 0. The van der Waals surface area contributed by atoms with Crippen LogP contribution in [-0.2, 0) is 6.54 Å². The van der Waals surface area contributed by atoms with Crippen molar-refractivity contribution in [3.8, 4) is 5.75 Å². The third-order valence-electron chi connectivity index (χ3n) is 3.82. The van der Waals surface area contributed by atoms with Crippen LogP contribution < -0.4 is 10.1 Å². The molecule has 1 heterocycles. The van der Waals surface area contributed by atoms with E-state index in [1.165, 1.54) is 33.0 Å². The maximum absolute atomic E-state index is 13.5. The van der Waals surface area contributed by atoms with Crippen molar-refractivity contribution in [3.05, 3.63) is 29.6 Å². The van der Waals surface area contributed by atoms with Gasteiger partial charge < -0.3 is 15.0 Å². The number of likely N-dealkylation sites (tertiary alicyclic amines) is 1. The van der Waals surface area contributed by atoms with Gasteiger partial charge in [0.1, 0.15) is 0 Å². The number of benzene rings is 1. The number of hydrogen-bond acceptors (Lipinski definition) is 3. The van der Waals surface area contributed by atoms with Gasteiger partial charge in [0.05, 0.1) is 7.11 Å². The lowest BCUT2D eigenvalue weighted by Crippen LogP contribution is -2.34. The molecule has 0 atom stereocenters. The lowest BCUT2D eigenvalue weighted by Gasteiger charge is -2.29. The summed E-state index contributed by atoms with van der Waals surface area (Å²) in [6, 6.07) is 5.13. The number of ether oxygens (including phenoxy) is 1. The summed E-state index contributed by atoms with van der Waals surface area (Å²) in [6.07, 6.45) is 2.50. The van der Waals surface area contributed by atoms with Crippen molar-refractivity contribution in [2.75, 3.05) is 33.8 Å². The van der Waals surface area contributed by atoms with Crippen LogP contribution in [0.1, 0.15) is 18.4 Å². The summed E-state index contributed by atoms with van der Waals surface area (Å²) in [7, 11) is 3.65. The highest BCUT2D eigenvalue weighted by Crippen LogP contribution is 2.18. The first-order valence-corrected chi connectivity index (χ1v) is 6.90. The van der Waals surface area contributed by atoms with Gasteiger partial charge >= 0.3 is 0 Å². The lowest BCUT2D eigenvalue weighted by atomic mass is 9.97. The fraction of sp³-hybridized carbons (Fsp3) is 0.600. The van der Waals surface area contributed by atoms with Crippen LogP contribution in [0.2, 0.25) is 0 Å². The molecule has 0 saturated carbocycles. The standard InChI is InChI=1S/C15H23FN2O/c1-18-7-5-12(6-8-18)10-17-11-13-3-4-15(19-2)14(16)9-13/h3-4,9,12,17H,5-8,10-11H2,1-2H3. The molecule has 1 aliphatic heterocycles. The van der Waals surface area contributed by atoms with Crippen LogP contribution in [0.25, 0.3) is 0 Å². The van der Waals surface area contributed by atoms with E-state index in [0.717, 1.165) is 18.0 Å². The molecule has 3 nitrogen and oxygen atoms in total.